The van der Waals surface area contributed by atoms with Gasteiger partial charge in [-0.2, -0.15) is 5.10 Å². The first-order valence-corrected chi connectivity index (χ1v) is 9.73. The number of nitrogens with one attached hydrogen (secondary N) is 1. The van der Waals surface area contributed by atoms with Crippen molar-refractivity contribution in [1.29, 1.82) is 0 Å². The van der Waals surface area contributed by atoms with Crippen LogP contribution in [0.2, 0.25) is 0 Å². The van der Waals surface area contributed by atoms with Crippen molar-refractivity contribution >= 4 is 16.7 Å². The lowest BCUT2D eigenvalue weighted by molar-refractivity contribution is -0.121. The number of nitrogens with two attached hydrogens (primary N) is 1. The second-order valence-corrected chi connectivity index (χ2v) is 7.32. The van der Waals surface area contributed by atoms with Crippen LogP contribution in [0.4, 0.5) is 0 Å². The second-order valence-electron chi connectivity index (χ2n) is 7.32. The molecule has 4 aromatic rings. The van der Waals surface area contributed by atoms with E-state index in [1.54, 1.807) is 10.9 Å². The molecule has 1 aromatic heterocycles. The number of fused-ring (bicyclic) bond motifs is 1. The van der Waals surface area contributed by atoms with Gasteiger partial charge in [0.15, 0.2) is 0 Å². The van der Waals surface area contributed by atoms with Gasteiger partial charge in [-0.1, -0.05) is 54.6 Å². The summed E-state index contributed by atoms with van der Waals surface area (Å²) in [5, 5.41) is 9.75. The fourth-order valence-electron chi connectivity index (χ4n) is 3.50. The predicted octanol–water partition coefficient (Wildman–Crippen LogP) is 3.77. The molecule has 0 fully saturated rings. The number of para-hydroxylation sites is 1. The molecular weight excluding hydrogens is 360 g/mol. The Bertz CT molecular complexity index is 1120. The van der Waals surface area contributed by atoms with Gasteiger partial charge in [0.05, 0.1) is 24.3 Å². The van der Waals surface area contributed by atoms with E-state index in [0.29, 0.717) is 0 Å². The first-order valence-electron chi connectivity index (χ1n) is 9.73. The fourth-order valence-corrected chi connectivity index (χ4v) is 3.50. The van der Waals surface area contributed by atoms with Crippen LogP contribution in [0, 0.1) is 0 Å². The molecule has 29 heavy (non-hydrogen) atoms. The number of hydrogen-bond donors (Lipinski definition) is 2. The van der Waals surface area contributed by atoms with E-state index in [4.69, 9.17) is 5.73 Å². The molecule has 0 aliphatic rings. The molecule has 1 heterocycles. The molecule has 0 saturated heterocycles. The molecule has 0 aliphatic carbocycles. The number of carbonyl (C=O) groups excluding carboxylic acids is 1. The summed E-state index contributed by atoms with van der Waals surface area (Å²) in [5.74, 6) is -0.0759. The molecule has 0 saturated carbocycles. The quantitative estimate of drug-likeness (QED) is 0.531. The monoisotopic (exact) mass is 384 g/mol. The number of rotatable bonds is 6. The highest BCUT2D eigenvalue weighted by molar-refractivity contribution is 5.83. The van der Waals surface area contributed by atoms with Crippen LogP contribution in [0.3, 0.4) is 0 Å². The zero-order valence-corrected chi connectivity index (χ0v) is 16.3. The Hall–Kier alpha value is -3.44. The average Bonchev–Trinajstić information content (AvgIpc) is 3.20. The molecule has 2 unspecified atom stereocenters. The first kappa shape index (κ1) is 18.9. The number of carbonyl (C=O) groups is 1. The van der Waals surface area contributed by atoms with Crippen molar-refractivity contribution in [2.24, 2.45) is 5.73 Å². The van der Waals surface area contributed by atoms with Crippen molar-refractivity contribution < 1.29 is 4.79 Å². The summed E-state index contributed by atoms with van der Waals surface area (Å²) in [7, 11) is 0. The minimum Gasteiger partial charge on any atom is -0.347 e. The van der Waals surface area contributed by atoms with E-state index < -0.39 is 0 Å². The van der Waals surface area contributed by atoms with E-state index in [0.717, 1.165) is 22.2 Å². The molecule has 4 rings (SSSR count). The lowest BCUT2D eigenvalue weighted by Gasteiger charge is -2.23. The van der Waals surface area contributed by atoms with E-state index in [-0.39, 0.29) is 24.4 Å². The number of amides is 1. The van der Waals surface area contributed by atoms with Crippen molar-refractivity contribution in [3.8, 4) is 5.69 Å². The maximum Gasteiger partial charge on any atom is 0.225 e. The van der Waals surface area contributed by atoms with Crippen LogP contribution in [0.1, 0.15) is 24.1 Å². The standard InChI is InChI=1S/C24H24N4O/c1-17(25)24(21-12-11-19-7-5-6-8-20(19)14-21)27-23(29)13-18-15-26-28(16-18)22-9-3-2-4-10-22/h2-12,14-17,24H,13,25H2,1H3,(H,27,29). The number of benzene rings is 3. The van der Waals surface area contributed by atoms with E-state index in [2.05, 4.69) is 34.7 Å². The van der Waals surface area contributed by atoms with Crippen LogP contribution >= 0.6 is 0 Å². The number of aromatic nitrogens is 2. The molecule has 0 spiro atoms. The van der Waals surface area contributed by atoms with Crippen LogP contribution in [0.5, 0.6) is 0 Å². The molecule has 5 nitrogen and oxygen atoms in total. The summed E-state index contributed by atoms with van der Waals surface area (Å²) in [6.45, 7) is 1.91. The SMILES string of the molecule is CC(N)C(NC(=O)Cc1cnn(-c2ccccc2)c1)c1ccc2ccccc2c1. The molecule has 3 N–H and O–H groups in total. The van der Waals surface area contributed by atoms with Crippen LogP contribution < -0.4 is 11.1 Å². The van der Waals surface area contributed by atoms with E-state index >= 15 is 0 Å². The van der Waals surface area contributed by atoms with Crippen molar-refractivity contribution in [2.45, 2.75) is 25.4 Å². The van der Waals surface area contributed by atoms with Gasteiger partial charge in [-0.05, 0) is 47.0 Å². The normalized spacial score (nSPS) is 13.2. The lowest BCUT2D eigenvalue weighted by atomic mass is 9.97. The second kappa shape index (κ2) is 8.29. The Morgan fingerprint density at radius 3 is 2.52 bits per heavy atom. The highest BCUT2D eigenvalue weighted by atomic mass is 16.1. The zero-order chi connectivity index (χ0) is 20.2. The van der Waals surface area contributed by atoms with Gasteiger partial charge in [0.25, 0.3) is 0 Å². The highest BCUT2D eigenvalue weighted by Gasteiger charge is 2.19. The van der Waals surface area contributed by atoms with Gasteiger partial charge in [0.2, 0.25) is 5.91 Å². The topological polar surface area (TPSA) is 72.9 Å². The van der Waals surface area contributed by atoms with Gasteiger partial charge in [0.1, 0.15) is 0 Å². The van der Waals surface area contributed by atoms with E-state index in [1.165, 1.54) is 5.39 Å². The fraction of sp³-hybridized carbons (Fsp3) is 0.167. The third-order valence-corrected chi connectivity index (χ3v) is 5.00. The largest absolute Gasteiger partial charge is 0.347 e. The Morgan fingerprint density at radius 2 is 1.76 bits per heavy atom. The minimum absolute atomic E-state index is 0.0759. The first-order chi connectivity index (χ1) is 14.1. The Kier molecular flexibility index (Phi) is 5.40. The molecule has 0 radical (unpaired) electrons. The molecule has 0 bridgehead atoms. The van der Waals surface area contributed by atoms with Gasteiger partial charge in [-0.15, -0.1) is 0 Å². The number of nitrogens with zero attached hydrogens (tertiary/aromatic N) is 2. The predicted molar refractivity (Wildman–Crippen MR) is 116 cm³/mol. The van der Waals surface area contributed by atoms with E-state index in [9.17, 15) is 4.79 Å². The summed E-state index contributed by atoms with van der Waals surface area (Å²) in [6.07, 6.45) is 3.86. The minimum atomic E-state index is -0.253. The van der Waals surface area contributed by atoms with Gasteiger partial charge < -0.3 is 11.1 Å². The van der Waals surface area contributed by atoms with E-state index in [1.807, 2.05) is 61.7 Å². The molecule has 0 aliphatic heterocycles. The zero-order valence-electron chi connectivity index (χ0n) is 16.3. The molecule has 146 valence electrons. The van der Waals surface area contributed by atoms with Gasteiger partial charge >= 0.3 is 0 Å². The Labute approximate surface area is 170 Å². The van der Waals surface area contributed by atoms with Crippen LogP contribution in [-0.4, -0.2) is 21.7 Å². The maximum absolute atomic E-state index is 12.7. The van der Waals surface area contributed by atoms with Crippen LogP contribution in [0.15, 0.2) is 85.2 Å². The van der Waals surface area contributed by atoms with Crippen molar-refractivity contribution in [3.05, 3.63) is 96.3 Å². The Balaban J connectivity index is 1.48. The summed E-state index contributed by atoms with van der Waals surface area (Å²) in [6, 6.07) is 23.7. The number of hydrogen-bond acceptors (Lipinski definition) is 3. The third-order valence-electron chi connectivity index (χ3n) is 5.00. The molecule has 5 heteroatoms. The third kappa shape index (κ3) is 4.36. The van der Waals surface area contributed by atoms with Gasteiger partial charge in [-0.25, -0.2) is 4.68 Å². The summed E-state index contributed by atoms with van der Waals surface area (Å²) in [5.41, 5.74) is 9.03. The van der Waals surface area contributed by atoms with Crippen LogP contribution in [-0.2, 0) is 11.2 Å². The average molecular weight is 384 g/mol. The van der Waals surface area contributed by atoms with Crippen LogP contribution in [0.25, 0.3) is 16.5 Å². The Morgan fingerprint density at radius 1 is 1.03 bits per heavy atom. The van der Waals surface area contributed by atoms with Crippen molar-refractivity contribution in [2.75, 3.05) is 0 Å². The van der Waals surface area contributed by atoms with Crippen molar-refractivity contribution in [3.63, 3.8) is 0 Å². The molecule has 3 aromatic carbocycles. The summed E-state index contributed by atoms with van der Waals surface area (Å²) >= 11 is 0. The van der Waals surface area contributed by atoms with Crippen molar-refractivity contribution in [1.82, 2.24) is 15.1 Å². The summed E-state index contributed by atoms with van der Waals surface area (Å²) < 4.78 is 1.77. The molecular formula is C24H24N4O. The smallest absolute Gasteiger partial charge is 0.225 e. The highest BCUT2D eigenvalue weighted by Crippen LogP contribution is 2.22. The maximum atomic E-state index is 12.7. The van der Waals surface area contributed by atoms with Gasteiger partial charge in [-0.3, -0.25) is 4.79 Å². The lowest BCUT2D eigenvalue weighted by Crippen LogP contribution is -2.39. The summed E-state index contributed by atoms with van der Waals surface area (Å²) in [4.78, 5) is 12.7. The molecule has 1 amide bonds. The van der Waals surface area contributed by atoms with Gasteiger partial charge in [0, 0.05) is 12.2 Å². The molecule has 2 atom stereocenters.